The van der Waals surface area contributed by atoms with Gasteiger partial charge < -0.3 is 10.4 Å². The predicted octanol–water partition coefficient (Wildman–Crippen LogP) is 3.45. The molecule has 0 heterocycles. The van der Waals surface area contributed by atoms with Gasteiger partial charge in [-0.15, -0.1) is 0 Å². The van der Waals surface area contributed by atoms with Crippen molar-refractivity contribution in [2.24, 2.45) is 0 Å². The van der Waals surface area contributed by atoms with Crippen molar-refractivity contribution in [3.63, 3.8) is 0 Å². The molecule has 0 saturated heterocycles. The Hall–Kier alpha value is -2.29. The maximum absolute atomic E-state index is 10.6. The van der Waals surface area contributed by atoms with E-state index in [1.165, 1.54) is 0 Å². The Morgan fingerprint density at radius 2 is 1.67 bits per heavy atom. The molecule has 0 unspecified atom stereocenters. The number of rotatable bonds is 5. The molecule has 0 spiro atoms. The lowest BCUT2D eigenvalue weighted by Crippen LogP contribution is -2.00. The van der Waals surface area contributed by atoms with E-state index < -0.39 is 5.97 Å². The fourth-order valence-corrected chi connectivity index (χ4v) is 1.78. The Labute approximate surface area is 106 Å². The van der Waals surface area contributed by atoms with Crippen LogP contribution in [0.1, 0.15) is 12.0 Å². The number of carboxylic acids is 1. The Morgan fingerprint density at radius 3 is 2.39 bits per heavy atom. The second kappa shape index (κ2) is 5.87. The number of benzene rings is 2. The predicted molar refractivity (Wildman–Crippen MR) is 72.1 cm³/mol. The molecule has 18 heavy (non-hydrogen) atoms. The molecule has 0 radical (unpaired) electrons. The monoisotopic (exact) mass is 241 g/mol. The number of nitrogens with one attached hydrogen (secondary N) is 1. The van der Waals surface area contributed by atoms with Crippen LogP contribution in [-0.4, -0.2) is 11.1 Å². The Morgan fingerprint density at radius 1 is 1.00 bits per heavy atom. The lowest BCUT2D eigenvalue weighted by Gasteiger charge is -2.11. The summed E-state index contributed by atoms with van der Waals surface area (Å²) in [6.45, 7) is 0. The summed E-state index contributed by atoms with van der Waals surface area (Å²) in [7, 11) is 0. The minimum absolute atomic E-state index is 0.146. The van der Waals surface area contributed by atoms with E-state index in [0.29, 0.717) is 6.42 Å². The van der Waals surface area contributed by atoms with Gasteiger partial charge in [0, 0.05) is 17.8 Å². The van der Waals surface area contributed by atoms with Gasteiger partial charge in [-0.3, -0.25) is 4.79 Å². The van der Waals surface area contributed by atoms with Crippen LogP contribution >= 0.6 is 0 Å². The summed E-state index contributed by atoms with van der Waals surface area (Å²) in [6, 6.07) is 17.6. The highest BCUT2D eigenvalue weighted by molar-refractivity contribution is 5.69. The standard InChI is InChI=1S/C15H15NO2/c17-15(18)11-10-12-6-4-5-9-14(12)16-13-7-2-1-3-8-13/h1-9,16H,10-11H2,(H,17,18). The van der Waals surface area contributed by atoms with Crippen molar-refractivity contribution in [3.8, 4) is 0 Å². The number of anilines is 2. The van der Waals surface area contributed by atoms with Gasteiger partial charge in [0.05, 0.1) is 0 Å². The summed E-state index contributed by atoms with van der Waals surface area (Å²) in [6.07, 6.45) is 0.679. The van der Waals surface area contributed by atoms with Crippen molar-refractivity contribution in [1.82, 2.24) is 0 Å². The maximum atomic E-state index is 10.6. The molecule has 0 atom stereocenters. The molecule has 0 aromatic heterocycles. The SMILES string of the molecule is O=C(O)CCc1ccccc1Nc1ccccc1. The largest absolute Gasteiger partial charge is 0.481 e. The molecule has 0 aliphatic rings. The second-order valence-corrected chi connectivity index (χ2v) is 4.04. The van der Waals surface area contributed by atoms with Crippen molar-refractivity contribution >= 4 is 17.3 Å². The Bertz CT molecular complexity index is 523. The van der Waals surface area contributed by atoms with E-state index in [2.05, 4.69) is 5.32 Å². The zero-order valence-corrected chi connectivity index (χ0v) is 9.97. The number of para-hydroxylation sites is 2. The lowest BCUT2D eigenvalue weighted by atomic mass is 10.1. The highest BCUT2D eigenvalue weighted by atomic mass is 16.4. The van der Waals surface area contributed by atoms with Crippen LogP contribution in [0.5, 0.6) is 0 Å². The first-order chi connectivity index (χ1) is 8.75. The van der Waals surface area contributed by atoms with E-state index in [1.54, 1.807) is 0 Å². The van der Waals surface area contributed by atoms with Gasteiger partial charge in [0.1, 0.15) is 0 Å². The van der Waals surface area contributed by atoms with Crippen LogP contribution < -0.4 is 5.32 Å². The molecule has 3 heteroatoms. The van der Waals surface area contributed by atoms with Gasteiger partial charge in [-0.05, 0) is 30.2 Å². The first kappa shape index (κ1) is 12.2. The normalized spacial score (nSPS) is 10.0. The van der Waals surface area contributed by atoms with E-state index >= 15 is 0 Å². The van der Waals surface area contributed by atoms with E-state index in [4.69, 9.17) is 5.11 Å². The van der Waals surface area contributed by atoms with Gasteiger partial charge in [0.25, 0.3) is 0 Å². The molecule has 0 saturated carbocycles. The quantitative estimate of drug-likeness (QED) is 0.843. The number of aryl methyl sites for hydroxylation is 1. The van der Waals surface area contributed by atoms with E-state index in [0.717, 1.165) is 16.9 Å². The van der Waals surface area contributed by atoms with Crippen LogP contribution in [0.2, 0.25) is 0 Å². The average molecular weight is 241 g/mol. The van der Waals surface area contributed by atoms with Gasteiger partial charge in [0.2, 0.25) is 0 Å². The number of aliphatic carboxylic acids is 1. The average Bonchev–Trinajstić information content (AvgIpc) is 2.39. The molecular formula is C15H15NO2. The third-order valence-electron chi connectivity index (χ3n) is 2.68. The molecule has 0 aliphatic heterocycles. The lowest BCUT2D eigenvalue weighted by molar-refractivity contribution is -0.136. The van der Waals surface area contributed by atoms with E-state index in [1.807, 2.05) is 54.6 Å². The number of hydrogen-bond donors (Lipinski definition) is 2. The van der Waals surface area contributed by atoms with E-state index in [9.17, 15) is 4.79 Å². The summed E-state index contributed by atoms with van der Waals surface area (Å²) >= 11 is 0. The summed E-state index contributed by atoms with van der Waals surface area (Å²) in [5, 5.41) is 12.0. The molecular weight excluding hydrogens is 226 g/mol. The fourth-order valence-electron chi connectivity index (χ4n) is 1.78. The van der Waals surface area contributed by atoms with Crippen molar-refractivity contribution < 1.29 is 9.90 Å². The van der Waals surface area contributed by atoms with Gasteiger partial charge in [0.15, 0.2) is 0 Å². The van der Waals surface area contributed by atoms with Crippen LogP contribution in [0.25, 0.3) is 0 Å². The Balaban J connectivity index is 2.14. The zero-order valence-electron chi connectivity index (χ0n) is 9.97. The third-order valence-corrected chi connectivity index (χ3v) is 2.68. The fraction of sp³-hybridized carbons (Fsp3) is 0.133. The van der Waals surface area contributed by atoms with E-state index in [-0.39, 0.29) is 6.42 Å². The molecule has 2 rings (SSSR count). The van der Waals surface area contributed by atoms with Crippen molar-refractivity contribution in [2.75, 3.05) is 5.32 Å². The molecule has 2 aromatic rings. The topological polar surface area (TPSA) is 49.3 Å². The van der Waals surface area contributed by atoms with Crippen LogP contribution in [0.4, 0.5) is 11.4 Å². The van der Waals surface area contributed by atoms with Gasteiger partial charge in [-0.25, -0.2) is 0 Å². The third kappa shape index (κ3) is 3.35. The van der Waals surface area contributed by atoms with Crippen molar-refractivity contribution in [3.05, 3.63) is 60.2 Å². The van der Waals surface area contributed by atoms with Crippen LogP contribution in [0, 0.1) is 0 Å². The number of carboxylic acid groups (broad SMARTS) is 1. The molecule has 92 valence electrons. The van der Waals surface area contributed by atoms with Crippen LogP contribution in [-0.2, 0) is 11.2 Å². The number of hydrogen-bond acceptors (Lipinski definition) is 2. The summed E-state index contributed by atoms with van der Waals surface area (Å²) in [5.41, 5.74) is 2.98. The molecule has 0 fully saturated rings. The minimum atomic E-state index is -0.774. The van der Waals surface area contributed by atoms with Gasteiger partial charge >= 0.3 is 5.97 Å². The molecule has 0 aliphatic carbocycles. The first-order valence-corrected chi connectivity index (χ1v) is 5.87. The molecule has 0 amide bonds. The van der Waals surface area contributed by atoms with Crippen molar-refractivity contribution in [1.29, 1.82) is 0 Å². The molecule has 3 nitrogen and oxygen atoms in total. The van der Waals surface area contributed by atoms with Crippen LogP contribution in [0.15, 0.2) is 54.6 Å². The summed E-state index contributed by atoms with van der Waals surface area (Å²) in [4.78, 5) is 10.6. The minimum Gasteiger partial charge on any atom is -0.481 e. The number of carbonyl (C=O) groups is 1. The van der Waals surface area contributed by atoms with Crippen LogP contribution in [0.3, 0.4) is 0 Å². The zero-order chi connectivity index (χ0) is 12.8. The highest BCUT2D eigenvalue weighted by Gasteiger charge is 2.04. The maximum Gasteiger partial charge on any atom is 0.303 e. The van der Waals surface area contributed by atoms with Crippen molar-refractivity contribution in [2.45, 2.75) is 12.8 Å². The smallest absolute Gasteiger partial charge is 0.303 e. The molecule has 2 aromatic carbocycles. The molecule has 0 bridgehead atoms. The highest BCUT2D eigenvalue weighted by Crippen LogP contribution is 2.21. The summed E-state index contributed by atoms with van der Waals surface area (Å²) in [5.74, 6) is -0.774. The summed E-state index contributed by atoms with van der Waals surface area (Å²) < 4.78 is 0. The molecule has 2 N–H and O–H groups in total. The second-order valence-electron chi connectivity index (χ2n) is 4.04. The van der Waals surface area contributed by atoms with Gasteiger partial charge in [-0.2, -0.15) is 0 Å². The first-order valence-electron chi connectivity index (χ1n) is 5.87. The Kier molecular flexibility index (Phi) is 3.97. The van der Waals surface area contributed by atoms with Gasteiger partial charge in [-0.1, -0.05) is 36.4 Å².